The maximum absolute atomic E-state index is 11.8. The molecule has 0 aromatic heterocycles. The van der Waals surface area contributed by atoms with Crippen LogP contribution in [0.4, 0.5) is 0 Å². The highest BCUT2D eigenvalue weighted by atomic mass is 16.2. The Morgan fingerprint density at radius 1 is 1.47 bits per heavy atom. The maximum atomic E-state index is 11.8. The minimum absolute atomic E-state index is 0.232. The fourth-order valence-electron chi connectivity index (χ4n) is 2.31. The average molecular weight is 212 g/mol. The van der Waals surface area contributed by atoms with Gasteiger partial charge in [0.05, 0.1) is 6.54 Å². The highest BCUT2D eigenvalue weighted by Crippen LogP contribution is 2.26. The molecule has 1 N–H and O–H groups in total. The largest absolute Gasteiger partial charge is 0.342 e. The second-order valence-corrected chi connectivity index (χ2v) is 4.71. The Morgan fingerprint density at radius 3 is 2.80 bits per heavy atom. The molecular formula is C12H24N2O. The van der Waals surface area contributed by atoms with Crippen LogP contribution in [0.5, 0.6) is 0 Å². The van der Waals surface area contributed by atoms with Crippen LogP contribution in [0, 0.1) is 5.92 Å². The molecule has 88 valence electrons. The maximum Gasteiger partial charge on any atom is 0.236 e. The first kappa shape index (κ1) is 12.5. The first-order valence-electron chi connectivity index (χ1n) is 6.11. The summed E-state index contributed by atoms with van der Waals surface area (Å²) in [6, 6.07) is 0.472. The van der Waals surface area contributed by atoms with E-state index in [4.69, 9.17) is 0 Å². The predicted octanol–water partition coefficient (Wildman–Crippen LogP) is 1.63. The van der Waals surface area contributed by atoms with E-state index >= 15 is 0 Å². The lowest BCUT2D eigenvalue weighted by Crippen LogP contribution is -2.43. The third kappa shape index (κ3) is 3.82. The first-order chi connectivity index (χ1) is 7.15. The second-order valence-electron chi connectivity index (χ2n) is 4.71. The van der Waals surface area contributed by atoms with Crippen LogP contribution in [-0.2, 0) is 4.79 Å². The quantitative estimate of drug-likeness (QED) is 0.768. The Labute approximate surface area is 93.2 Å². The van der Waals surface area contributed by atoms with Gasteiger partial charge in [0.25, 0.3) is 0 Å². The molecule has 2 unspecified atom stereocenters. The average Bonchev–Trinajstić information content (AvgIpc) is 2.24. The summed E-state index contributed by atoms with van der Waals surface area (Å²) in [5.41, 5.74) is 0. The molecule has 1 amide bonds. The lowest BCUT2D eigenvalue weighted by atomic mass is 9.86. The molecule has 1 saturated carbocycles. The standard InChI is InChI=1S/C12H24N2O/c1-4-13-9-12(15)14(3)11-7-5-6-10(2)8-11/h10-11,13H,4-9H2,1-3H3. The fourth-order valence-corrected chi connectivity index (χ4v) is 2.31. The van der Waals surface area contributed by atoms with Crippen LogP contribution in [0.15, 0.2) is 0 Å². The van der Waals surface area contributed by atoms with Crippen molar-refractivity contribution < 1.29 is 4.79 Å². The number of nitrogens with one attached hydrogen (secondary N) is 1. The fraction of sp³-hybridized carbons (Fsp3) is 0.917. The van der Waals surface area contributed by atoms with Gasteiger partial charge in [0.1, 0.15) is 0 Å². The Bertz CT molecular complexity index is 206. The molecule has 0 bridgehead atoms. The Morgan fingerprint density at radius 2 is 2.20 bits per heavy atom. The van der Waals surface area contributed by atoms with E-state index in [2.05, 4.69) is 12.2 Å². The van der Waals surface area contributed by atoms with E-state index in [0.29, 0.717) is 12.6 Å². The van der Waals surface area contributed by atoms with E-state index in [1.54, 1.807) is 0 Å². The van der Waals surface area contributed by atoms with Crippen LogP contribution < -0.4 is 5.32 Å². The van der Waals surface area contributed by atoms with Gasteiger partial charge in [0.15, 0.2) is 0 Å². The van der Waals surface area contributed by atoms with Gasteiger partial charge in [-0.2, -0.15) is 0 Å². The van der Waals surface area contributed by atoms with E-state index in [1.807, 2.05) is 18.9 Å². The zero-order valence-electron chi connectivity index (χ0n) is 10.3. The summed E-state index contributed by atoms with van der Waals surface area (Å²) >= 11 is 0. The van der Waals surface area contributed by atoms with E-state index < -0.39 is 0 Å². The molecule has 0 aromatic rings. The van der Waals surface area contributed by atoms with Gasteiger partial charge in [-0.05, 0) is 25.3 Å². The van der Waals surface area contributed by atoms with Gasteiger partial charge in [-0.15, -0.1) is 0 Å². The third-order valence-electron chi connectivity index (χ3n) is 3.38. The molecule has 3 heteroatoms. The Balaban J connectivity index is 2.37. The van der Waals surface area contributed by atoms with Crippen molar-refractivity contribution in [2.75, 3.05) is 20.1 Å². The van der Waals surface area contributed by atoms with E-state index in [1.165, 1.54) is 25.7 Å². The van der Waals surface area contributed by atoms with E-state index in [0.717, 1.165) is 12.5 Å². The molecule has 0 aromatic carbocycles. The van der Waals surface area contributed by atoms with E-state index in [-0.39, 0.29) is 5.91 Å². The summed E-state index contributed by atoms with van der Waals surface area (Å²) in [5, 5.41) is 3.09. The first-order valence-corrected chi connectivity index (χ1v) is 6.11. The number of carbonyl (C=O) groups excluding carboxylic acids is 1. The minimum atomic E-state index is 0.232. The molecule has 0 heterocycles. The van der Waals surface area contributed by atoms with Crippen LogP contribution in [0.25, 0.3) is 0 Å². The van der Waals surface area contributed by atoms with Crippen LogP contribution in [0.3, 0.4) is 0 Å². The van der Waals surface area contributed by atoms with Gasteiger partial charge in [-0.25, -0.2) is 0 Å². The zero-order chi connectivity index (χ0) is 11.3. The Hall–Kier alpha value is -0.570. The highest BCUT2D eigenvalue weighted by molar-refractivity contribution is 5.78. The monoisotopic (exact) mass is 212 g/mol. The van der Waals surface area contributed by atoms with Gasteiger partial charge in [0.2, 0.25) is 5.91 Å². The van der Waals surface area contributed by atoms with Crippen molar-refractivity contribution >= 4 is 5.91 Å². The molecule has 0 radical (unpaired) electrons. The molecule has 1 aliphatic rings. The van der Waals surface area contributed by atoms with Crippen molar-refractivity contribution in [2.24, 2.45) is 5.92 Å². The smallest absolute Gasteiger partial charge is 0.236 e. The summed E-state index contributed by atoms with van der Waals surface area (Å²) in [6.45, 7) is 5.66. The Kier molecular flexibility index (Phi) is 5.09. The number of nitrogens with zero attached hydrogens (tertiary/aromatic N) is 1. The zero-order valence-corrected chi connectivity index (χ0v) is 10.3. The number of carbonyl (C=O) groups is 1. The van der Waals surface area contributed by atoms with Gasteiger partial charge in [-0.3, -0.25) is 4.79 Å². The molecule has 15 heavy (non-hydrogen) atoms. The SMILES string of the molecule is CCNCC(=O)N(C)C1CCCC(C)C1. The second kappa shape index (κ2) is 6.11. The summed E-state index contributed by atoms with van der Waals surface area (Å²) in [5.74, 6) is 1.01. The molecule has 3 nitrogen and oxygen atoms in total. The topological polar surface area (TPSA) is 32.3 Å². The van der Waals surface area contributed by atoms with Crippen molar-refractivity contribution in [1.29, 1.82) is 0 Å². The number of amides is 1. The highest BCUT2D eigenvalue weighted by Gasteiger charge is 2.24. The number of likely N-dealkylation sites (N-methyl/N-ethyl adjacent to an activating group) is 2. The van der Waals surface area contributed by atoms with Crippen LogP contribution in [-0.4, -0.2) is 37.0 Å². The van der Waals surface area contributed by atoms with Crippen molar-refractivity contribution in [3.05, 3.63) is 0 Å². The van der Waals surface area contributed by atoms with Crippen molar-refractivity contribution in [2.45, 2.75) is 45.6 Å². The molecular weight excluding hydrogens is 188 g/mol. The summed E-state index contributed by atoms with van der Waals surface area (Å²) in [4.78, 5) is 13.7. The molecule has 1 aliphatic carbocycles. The number of hydrogen-bond acceptors (Lipinski definition) is 2. The van der Waals surface area contributed by atoms with Gasteiger partial charge in [0, 0.05) is 13.1 Å². The van der Waals surface area contributed by atoms with Gasteiger partial charge in [-0.1, -0.05) is 26.7 Å². The van der Waals surface area contributed by atoms with Crippen molar-refractivity contribution in [3.8, 4) is 0 Å². The van der Waals surface area contributed by atoms with Crippen LogP contribution >= 0.6 is 0 Å². The number of hydrogen-bond donors (Lipinski definition) is 1. The minimum Gasteiger partial charge on any atom is -0.342 e. The van der Waals surface area contributed by atoms with Gasteiger partial charge < -0.3 is 10.2 Å². The molecule has 1 rings (SSSR count). The third-order valence-corrected chi connectivity index (χ3v) is 3.38. The summed E-state index contributed by atoms with van der Waals surface area (Å²) in [7, 11) is 1.95. The lowest BCUT2D eigenvalue weighted by molar-refractivity contribution is -0.131. The van der Waals surface area contributed by atoms with Crippen molar-refractivity contribution in [1.82, 2.24) is 10.2 Å². The van der Waals surface area contributed by atoms with Crippen LogP contribution in [0.1, 0.15) is 39.5 Å². The summed E-state index contributed by atoms with van der Waals surface area (Å²) in [6.07, 6.45) is 4.95. The normalized spacial score (nSPS) is 26.3. The van der Waals surface area contributed by atoms with Crippen LogP contribution in [0.2, 0.25) is 0 Å². The number of rotatable bonds is 4. The summed E-state index contributed by atoms with van der Waals surface area (Å²) < 4.78 is 0. The molecule has 2 atom stereocenters. The lowest BCUT2D eigenvalue weighted by Gasteiger charge is -2.34. The molecule has 1 fully saturated rings. The van der Waals surface area contributed by atoms with Gasteiger partial charge >= 0.3 is 0 Å². The molecule has 0 saturated heterocycles. The van der Waals surface area contributed by atoms with E-state index in [9.17, 15) is 4.79 Å². The molecule has 0 spiro atoms. The predicted molar refractivity (Wildman–Crippen MR) is 62.7 cm³/mol. The van der Waals surface area contributed by atoms with Crippen molar-refractivity contribution in [3.63, 3.8) is 0 Å². The molecule has 0 aliphatic heterocycles.